The summed E-state index contributed by atoms with van der Waals surface area (Å²) in [4.78, 5) is 11.3. The quantitative estimate of drug-likeness (QED) is 0.291. The number of hydrogen-bond donors (Lipinski definition) is 6. The average Bonchev–Trinajstić information content (AvgIpc) is 2.48. The van der Waals surface area contributed by atoms with Gasteiger partial charge >= 0.3 is 0 Å². The van der Waals surface area contributed by atoms with E-state index in [1.807, 2.05) is 0 Å². The molecule has 0 aromatic carbocycles. The van der Waals surface area contributed by atoms with Gasteiger partial charge in [0.1, 0.15) is 23.2 Å². The molecule has 0 radical (unpaired) electrons. The number of carbonyl (C=O) groups is 1. The molecule has 3 aliphatic rings. The highest BCUT2D eigenvalue weighted by molar-refractivity contribution is 7.81. The first-order chi connectivity index (χ1) is 11.1. The van der Waals surface area contributed by atoms with Crippen molar-refractivity contribution >= 4 is 18.4 Å². The number of hydrogen-bond acceptors (Lipinski definition) is 10. The lowest BCUT2D eigenvalue weighted by Crippen LogP contribution is -2.78. The number of thiol groups is 1. The van der Waals surface area contributed by atoms with Gasteiger partial charge in [0.25, 0.3) is 5.79 Å². The maximum atomic E-state index is 12.4. The van der Waals surface area contributed by atoms with Crippen LogP contribution in [0.25, 0.3) is 0 Å². The van der Waals surface area contributed by atoms with E-state index in [2.05, 4.69) is 23.3 Å². The van der Waals surface area contributed by atoms with Crippen molar-refractivity contribution in [2.24, 2.45) is 0 Å². The molecule has 10 heteroatoms. The van der Waals surface area contributed by atoms with Gasteiger partial charge < -0.3 is 40.2 Å². The second-order valence-corrected chi connectivity index (χ2v) is 7.66. The summed E-state index contributed by atoms with van der Waals surface area (Å²) in [6.07, 6.45) is -5.59. The number of ketones is 1. The second-order valence-electron chi connectivity index (χ2n) is 6.71. The van der Waals surface area contributed by atoms with E-state index in [4.69, 9.17) is 14.2 Å². The van der Waals surface area contributed by atoms with E-state index in [-0.39, 0.29) is 6.42 Å². The topological polar surface area (TPSA) is 130 Å². The van der Waals surface area contributed by atoms with Crippen molar-refractivity contribution in [2.75, 3.05) is 14.1 Å². The fraction of sp³-hybridized carbons (Fsp3) is 0.929. The molecule has 138 valence electrons. The van der Waals surface area contributed by atoms with E-state index in [1.165, 1.54) is 0 Å². The van der Waals surface area contributed by atoms with Crippen molar-refractivity contribution < 1.29 is 34.3 Å². The van der Waals surface area contributed by atoms with Gasteiger partial charge in [-0.25, -0.2) is 0 Å². The second kappa shape index (κ2) is 6.15. The Morgan fingerprint density at radius 3 is 2.33 bits per heavy atom. The summed E-state index contributed by atoms with van der Waals surface area (Å²) in [7, 11) is 3.22. The molecule has 0 bridgehead atoms. The molecule has 9 unspecified atom stereocenters. The number of nitrogens with one attached hydrogen (secondary N) is 2. The van der Waals surface area contributed by atoms with Crippen molar-refractivity contribution in [2.45, 2.75) is 66.9 Å². The maximum absolute atomic E-state index is 12.4. The minimum Gasteiger partial charge on any atom is -0.390 e. The lowest BCUT2D eigenvalue weighted by atomic mass is 9.80. The molecule has 9 atom stereocenters. The van der Waals surface area contributed by atoms with Crippen LogP contribution in [-0.2, 0) is 19.0 Å². The minimum atomic E-state index is -2.30. The fourth-order valence-electron chi connectivity index (χ4n) is 3.70. The Morgan fingerprint density at radius 2 is 1.75 bits per heavy atom. The Hall–Kier alpha value is -0.300. The zero-order valence-electron chi connectivity index (χ0n) is 13.7. The van der Waals surface area contributed by atoms with E-state index >= 15 is 0 Å². The zero-order valence-corrected chi connectivity index (χ0v) is 14.6. The van der Waals surface area contributed by atoms with Gasteiger partial charge in [0.15, 0.2) is 0 Å². The largest absolute Gasteiger partial charge is 0.390 e. The summed E-state index contributed by atoms with van der Waals surface area (Å²) in [6, 6.07) is -1.35. The number of rotatable bonds is 2. The number of aliphatic hydroxyl groups is 3. The monoisotopic (exact) mass is 364 g/mol. The smallest absolute Gasteiger partial charge is 0.280 e. The first-order valence-electron chi connectivity index (χ1n) is 7.84. The molecule has 3 fully saturated rings. The van der Waals surface area contributed by atoms with E-state index in [1.54, 1.807) is 21.0 Å². The number of fused-ring (bicyclic) bond motifs is 2. The van der Waals surface area contributed by atoms with Gasteiger partial charge in [0, 0.05) is 0 Å². The predicted octanol–water partition coefficient (Wildman–Crippen LogP) is -2.67. The van der Waals surface area contributed by atoms with Crippen LogP contribution >= 0.6 is 12.6 Å². The highest BCUT2D eigenvalue weighted by Crippen LogP contribution is 2.43. The van der Waals surface area contributed by atoms with Gasteiger partial charge in [-0.2, -0.15) is 0 Å². The molecule has 0 spiro atoms. The van der Waals surface area contributed by atoms with E-state index < -0.39 is 59.3 Å². The molecule has 24 heavy (non-hydrogen) atoms. The molecular formula is C14H24N2O7S. The SMILES string of the molecule is CNC1C(O)C(NC)C2OC3(O)C(=O)CC(C)(S)OC3OC2C1O. The summed E-state index contributed by atoms with van der Waals surface area (Å²) < 4.78 is 16.9. The Kier molecular flexibility index (Phi) is 4.74. The van der Waals surface area contributed by atoms with E-state index in [9.17, 15) is 20.1 Å². The summed E-state index contributed by atoms with van der Waals surface area (Å²) >= 11 is 4.24. The third kappa shape index (κ3) is 2.70. The lowest BCUT2D eigenvalue weighted by Gasteiger charge is -2.56. The zero-order chi connectivity index (χ0) is 17.9. The van der Waals surface area contributed by atoms with Crippen molar-refractivity contribution in [1.82, 2.24) is 10.6 Å². The summed E-state index contributed by atoms with van der Waals surface area (Å²) in [5.41, 5.74) is 0. The molecule has 0 amide bonds. The van der Waals surface area contributed by atoms with Crippen LogP contribution in [0.4, 0.5) is 0 Å². The normalized spacial score (nSPS) is 55.0. The van der Waals surface area contributed by atoms with Crippen molar-refractivity contribution in [3.8, 4) is 0 Å². The first kappa shape index (κ1) is 18.5. The number of Topliss-reactive ketones (excluding diaryl/α,β-unsaturated/α-hetero) is 1. The van der Waals surface area contributed by atoms with Gasteiger partial charge in [-0.3, -0.25) is 4.79 Å². The van der Waals surface area contributed by atoms with Crippen LogP contribution < -0.4 is 10.6 Å². The molecule has 2 aliphatic heterocycles. The van der Waals surface area contributed by atoms with E-state index in [0.29, 0.717) is 0 Å². The predicted molar refractivity (Wildman–Crippen MR) is 84.3 cm³/mol. The van der Waals surface area contributed by atoms with Crippen molar-refractivity contribution in [3.63, 3.8) is 0 Å². The molecule has 3 rings (SSSR count). The Balaban J connectivity index is 1.94. The molecule has 1 aliphatic carbocycles. The van der Waals surface area contributed by atoms with Gasteiger partial charge in [-0.1, -0.05) is 0 Å². The van der Waals surface area contributed by atoms with Crippen LogP contribution in [0, 0.1) is 0 Å². The third-order valence-electron chi connectivity index (χ3n) is 4.95. The standard InChI is InChI=1S/C14H24N2O7S/c1-13(24)4-5(17)14(20)12(23-13)21-11-9(19)6(15-2)8(18)7(16-3)10(11)22-14/h6-12,15-16,18-20,24H,4H2,1-3H3. The molecule has 2 heterocycles. The van der Waals surface area contributed by atoms with Gasteiger partial charge in [0.05, 0.1) is 24.6 Å². The van der Waals surface area contributed by atoms with Gasteiger partial charge in [-0.15, -0.1) is 12.6 Å². The van der Waals surface area contributed by atoms with Gasteiger partial charge in [-0.05, 0) is 21.0 Å². The molecule has 1 saturated carbocycles. The minimum absolute atomic E-state index is 0.168. The average molecular weight is 364 g/mol. The van der Waals surface area contributed by atoms with Crippen molar-refractivity contribution in [3.05, 3.63) is 0 Å². The fourth-order valence-corrected chi connectivity index (χ4v) is 3.94. The number of aliphatic hydroxyl groups excluding tert-OH is 2. The Labute approximate surface area is 145 Å². The first-order valence-corrected chi connectivity index (χ1v) is 8.29. The van der Waals surface area contributed by atoms with Crippen LogP contribution in [0.5, 0.6) is 0 Å². The summed E-state index contributed by atoms with van der Waals surface area (Å²) in [6.45, 7) is 1.58. The van der Waals surface area contributed by atoms with Crippen molar-refractivity contribution in [1.29, 1.82) is 0 Å². The Bertz CT molecular complexity index is 521. The van der Waals surface area contributed by atoms with Crippen LogP contribution in [0.2, 0.25) is 0 Å². The maximum Gasteiger partial charge on any atom is 0.280 e. The highest BCUT2D eigenvalue weighted by Gasteiger charge is 2.64. The molecular weight excluding hydrogens is 340 g/mol. The Morgan fingerprint density at radius 1 is 1.12 bits per heavy atom. The highest BCUT2D eigenvalue weighted by atomic mass is 32.1. The summed E-state index contributed by atoms with van der Waals surface area (Å²) in [5, 5.41) is 37.4. The van der Waals surface area contributed by atoms with Crippen LogP contribution in [0.1, 0.15) is 13.3 Å². The molecule has 9 nitrogen and oxygen atoms in total. The number of carbonyl (C=O) groups excluding carboxylic acids is 1. The van der Waals surface area contributed by atoms with Gasteiger partial charge in [0.2, 0.25) is 12.1 Å². The molecule has 2 saturated heterocycles. The summed E-state index contributed by atoms with van der Waals surface area (Å²) in [5.74, 6) is -2.92. The van der Waals surface area contributed by atoms with Crippen LogP contribution in [-0.4, -0.2) is 88.7 Å². The molecule has 0 aromatic rings. The molecule has 0 aromatic heterocycles. The van der Waals surface area contributed by atoms with Crippen LogP contribution in [0.3, 0.4) is 0 Å². The lowest BCUT2D eigenvalue weighted by molar-refractivity contribution is -0.422. The van der Waals surface area contributed by atoms with Crippen LogP contribution in [0.15, 0.2) is 0 Å². The van der Waals surface area contributed by atoms with E-state index in [0.717, 1.165) is 0 Å². The molecule has 5 N–H and O–H groups in total. The third-order valence-corrected chi connectivity index (χ3v) is 5.21. The number of likely N-dealkylation sites (N-methyl/N-ethyl adjacent to an activating group) is 2. The number of ether oxygens (including phenoxy) is 3.